The largest absolute Gasteiger partial charge is 0.426 e. The van der Waals surface area contributed by atoms with Gasteiger partial charge in [0.25, 0.3) is 0 Å². The van der Waals surface area contributed by atoms with Gasteiger partial charge in [-0.05, 0) is 104 Å². The molecule has 2 aliphatic carbocycles. The van der Waals surface area contributed by atoms with Gasteiger partial charge in [-0.15, -0.1) is 6.58 Å². The average molecular weight is 427 g/mol. The molecule has 0 amide bonds. The van der Waals surface area contributed by atoms with Crippen LogP contribution in [0.3, 0.4) is 0 Å². The van der Waals surface area contributed by atoms with E-state index in [0.717, 1.165) is 62.0 Å². The van der Waals surface area contributed by atoms with Gasteiger partial charge in [-0.1, -0.05) is 25.0 Å². The zero-order valence-electron chi connectivity index (χ0n) is 18.1. The molecule has 166 valence electrons. The zero-order valence-corrected chi connectivity index (χ0v) is 18.1. The first-order valence-corrected chi connectivity index (χ1v) is 11.7. The van der Waals surface area contributed by atoms with Gasteiger partial charge < -0.3 is 4.74 Å². The molecule has 0 heterocycles. The molecule has 0 aliphatic heterocycles. The molecule has 0 saturated heterocycles. The Morgan fingerprint density at radius 2 is 1.52 bits per heavy atom. The number of halogens is 2. The summed E-state index contributed by atoms with van der Waals surface area (Å²) in [5.41, 5.74) is 0. The minimum absolute atomic E-state index is 0.0687. The summed E-state index contributed by atoms with van der Waals surface area (Å²) in [4.78, 5) is 12.7. The lowest BCUT2D eigenvalue weighted by Crippen LogP contribution is -2.30. The Kier molecular flexibility index (Phi) is 7.04. The smallest absolute Gasteiger partial charge is 0.314 e. The number of esters is 1. The molecule has 2 aromatic rings. The number of benzene rings is 2. The quantitative estimate of drug-likeness (QED) is 0.270. The molecule has 2 saturated carbocycles. The molecule has 0 N–H and O–H groups in total. The van der Waals surface area contributed by atoms with Crippen LogP contribution in [0.4, 0.5) is 8.78 Å². The van der Waals surface area contributed by atoms with Crippen molar-refractivity contribution in [3.05, 3.63) is 54.6 Å². The highest BCUT2D eigenvalue weighted by atomic mass is 19.2. The Morgan fingerprint density at radius 3 is 2.16 bits per heavy atom. The van der Waals surface area contributed by atoms with E-state index in [9.17, 15) is 13.6 Å². The van der Waals surface area contributed by atoms with Crippen LogP contribution < -0.4 is 4.74 Å². The van der Waals surface area contributed by atoms with Gasteiger partial charge in [0, 0.05) is 0 Å². The van der Waals surface area contributed by atoms with Gasteiger partial charge in [-0.3, -0.25) is 4.79 Å². The molecule has 2 fully saturated rings. The molecule has 0 bridgehead atoms. The minimum atomic E-state index is -0.899. The van der Waals surface area contributed by atoms with Crippen LogP contribution in [0.25, 0.3) is 10.8 Å². The third-order valence-corrected chi connectivity index (χ3v) is 7.51. The Morgan fingerprint density at radius 1 is 0.903 bits per heavy atom. The predicted octanol–water partition coefficient (Wildman–Crippen LogP) is 7.60. The van der Waals surface area contributed by atoms with Gasteiger partial charge in [0.2, 0.25) is 0 Å². The summed E-state index contributed by atoms with van der Waals surface area (Å²) in [7, 11) is 0. The number of rotatable bonds is 6. The first kappa shape index (κ1) is 22.0. The first-order valence-electron chi connectivity index (χ1n) is 11.7. The summed E-state index contributed by atoms with van der Waals surface area (Å²) in [5.74, 6) is 0.768. The van der Waals surface area contributed by atoms with E-state index < -0.39 is 11.6 Å². The highest BCUT2D eigenvalue weighted by Crippen LogP contribution is 2.42. The van der Waals surface area contributed by atoms with Crippen molar-refractivity contribution in [1.82, 2.24) is 0 Å². The molecule has 4 heteroatoms. The van der Waals surface area contributed by atoms with Crippen molar-refractivity contribution in [2.45, 2.75) is 64.2 Å². The number of hydrogen-bond acceptors (Lipinski definition) is 2. The number of fused-ring (bicyclic) bond motifs is 1. The highest BCUT2D eigenvalue weighted by molar-refractivity contribution is 5.85. The minimum Gasteiger partial charge on any atom is -0.426 e. The van der Waals surface area contributed by atoms with Gasteiger partial charge in [0.1, 0.15) is 5.75 Å². The number of hydrogen-bond donors (Lipinski definition) is 0. The molecule has 4 rings (SSSR count). The van der Waals surface area contributed by atoms with Crippen LogP contribution >= 0.6 is 0 Å². The van der Waals surface area contributed by atoms with Crippen molar-refractivity contribution in [3.8, 4) is 5.75 Å². The molecular formula is C27H32F2O2. The third-order valence-electron chi connectivity index (χ3n) is 7.51. The monoisotopic (exact) mass is 426 g/mol. The summed E-state index contributed by atoms with van der Waals surface area (Å²) in [5, 5.41) is 1.11. The molecule has 31 heavy (non-hydrogen) atoms. The van der Waals surface area contributed by atoms with Gasteiger partial charge in [0.15, 0.2) is 11.6 Å². The third kappa shape index (κ3) is 5.34. The second-order valence-electron chi connectivity index (χ2n) is 9.45. The summed E-state index contributed by atoms with van der Waals surface area (Å²) in [6, 6.07) is 7.20. The van der Waals surface area contributed by atoms with E-state index in [-0.39, 0.29) is 11.9 Å². The van der Waals surface area contributed by atoms with Gasteiger partial charge in [-0.25, -0.2) is 8.78 Å². The van der Waals surface area contributed by atoms with E-state index in [0.29, 0.717) is 16.5 Å². The lowest BCUT2D eigenvalue weighted by molar-refractivity contribution is -0.140. The Balaban J connectivity index is 1.27. The Hall–Kier alpha value is -2.23. The standard InChI is InChI=1S/C27H32F2O2/c1-2-3-4-18-5-7-19(8-6-18)20-9-11-21(12-10-20)27(30)31-24-14-13-22-16-25(28)26(29)17-23(22)15-24/h2,13-21H,1,3-12H2. The summed E-state index contributed by atoms with van der Waals surface area (Å²) in [6.07, 6.45) is 13.7. The number of ether oxygens (including phenoxy) is 1. The van der Waals surface area contributed by atoms with Crippen molar-refractivity contribution in [3.63, 3.8) is 0 Å². The van der Waals surface area contributed by atoms with Gasteiger partial charge in [-0.2, -0.15) is 0 Å². The normalized spacial score (nSPS) is 26.5. The van der Waals surface area contributed by atoms with Crippen LogP contribution in [0.15, 0.2) is 43.0 Å². The van der Waals surface area contributed by atoms with Crippen molar-refractivity contribution in [2.24, 2.45) is 23.7 Å². The number of carbonyl (C=O) groups is 1. The molecule has 0 atom stereocenters. The van der Waals surface area contributed by atoms with Crippen molar-refractivity contribution in [2.75, 3.05) is 0 Å². The molecule has 0 unspecified atom stereocenters. The molecule has 0 aromatic heterocycles. The maximum Gasteiger partial charge on any atom is 0.314 e. The van der Waals surface area contributed by atoms with Crippen molar-refractivity contribution in [1.29, 1.82) is 0 Å². The Labute approximate surface area is 183 Å². The second kappa shape index (κ2) is 9.93. The van der Waals surface area contributed by atoms with Crippen LogP contribution in [0.2, 0.25) is 0 Å². The van der Waals surface area contributed by atoms with E-state index in [1.807, 2.05) is 6.08 Å². The van der Waals surface area contributed by atoms with Gasteiger partial charge in [0.05, 0.1) is 5.92 Å². The van der Waals surface area contributed by atoms with E-state index >= 15 is 0 Å². The van der Waals surface area contributed by atoms with Crippen LogP contribution in [0.1, 0.15) is 64.2 Å². The summed E-state index contributed by atoms with van der Waals surface area (Å²) < 4.78 is 32.5. The molecular weight excluding hydrogens is 394 g/mol. The lowest BCUT2D eigenvalue weighted by atomic mass is 9.69. The van der Waals surface area contributed by atoms with Gasteiger partial charge >= 0.3 is 5.97 Å². The molecule has 2 nitrogen and oxygen atoms in total. The molecule has 2 aromatic carbocycles. The summed E-state index contributed by atoms with van der Waals surface area (Å²) >= 11 is 0. The average Bonchev–Trinajstić information content (AvgIpc) is 2.79. The van der Waals surface area contributed by atoms with Crippen molar-refractivity contribution < 1.29 is 18.3 Å². The fourth-order valence-electron chi connectivity index (χ4n) is 5.61. The molecule has 2 aliphatic rings. The van der Waals surface area contributed by atoms with E-state index in [2.05, 4.69) is 6.58 Å². The predicted molar refractivity (Wildman–Crippen MR) is 120 cm³/mol. The van der Waals surface area contributed by atoms with Crippen LogP contribution in [0.5, 0.6) is 5.75 Å². The topological polar surface area (TPSA) is 26.3 Å². The first-order chi connectivity index (χ1) is 15.0. The number of allylic oxidation sites excluding steroid dienone is 1. The maximum absolute atomic E-state index is 13.5. The molecule has 0 spiro atoms. The lowest BCUT2D eigenvalue weighted by Gasteiger charge is -2.37. The van der Waals surface area contributed by atoms with E-state index in [1.54, 1.807) is 18.2 Å². The SMILES string of the molecule is C=CCCC1CCC(C2CCC(C(=O)Oc3ccc4cc(F)c(F)cc4c3)CC2)CC1. The Bertz CT molecular complexity index is 922. The van der Waals surface area contributed by atoms with E-state index in [1.165, 1.54) is 32.1 Å². The zero-order chi connectivity index (χ0) is 21.8. The fraction of sp³-hybridized carbons (Fsp3) is 0.519. The van der Waals surface area contributed by atoms with Crippen LogP contribution in [-0.4, -0.2) is 5.97 Å². The van der Waals surface area contributed by atoms with Crippen LogP contribution in [-0.2, 0) is 4.79 Å². The summed E-state index contributed by atoms with van der Waals surface area (Å²) in [6.45, 7) is 3.83. The van der Waals surface area contributed by atoms with Crippen LogP contribution in [0, 0.1) is 35.3 Å². The van der Waals surface area contributed by atoms with E-state index in [4.69, 9.17) is 4.74 Å². The van der Waals surface area contributed by atoms with Crippen molar-refractivity contribution >= 4 is 16.7 Å². The highest BCUT2D eigenvalue weighted by Gasteiger charge is 2.33. The fourth-order valence-corrected chi connectivity index (χ4v) is 5.61. The number of carbonyl (C=O) groups excluding carboxylic acids is 1. The maximum atomic E-state index is 13.5. The molecule has 0 radical (unpaired) electrons. The second-order valence-corrected chi connectivity index (χ2v) is 9.45.